The zero-order valence-electron chi connectivity index (χ0n) is 31.0. The summed E-state index contributed by atoms with van der Waals surface area (Å²) >= 11 is 0. The third-order valence-electron chi connectivity index (χ3n) is 8.61. The van der Waals surface area contributed by atoms with Crippen molar-refractivity contribution in [3.05, 3.63) is 0 Å². The van der Waals surface area contributed by atoms with Gasteiger partial charge in [-0.1, -0.05) is 162 Å². The lowest BCUT2D eigenvalue weighted by molar-refractivity contribution is -0.161. The summed E-state index contributed by atoms with van der Waals surface area (Å²) in [4.78, 5) is 34.8. The predicted octanol–water partition coefficient (Wildman–Crippen LogP) is 11.9. The van der Waals surface area contributed by atoms with Crippen LogP contribution in [-0.2, 0) is 32.7 Å². The van der Waals surface area contributed by atoms with Gasteiger partial charge in [-0.15, -0.1) is 0 Å². The molecular formula is C38H74FO8P. The van der Waals surface area contributed by atoms with Crippen molar-refractivity contribution in [1.29, 1.82) is 0 Å². The largest absolute Gasteiger partial charge is 0.472 e. The quantitative estimate of drug-likeness (QED) is 0.0383. The van der Waals surface area contributed by atoms with E-state index in [1.54, 1.807) is 0 Å². The molecule has 48 heavy (non-hydrogen) atoms. The lowest BCUT2D eigenvalue weighted by Crippen LogP contribution is -2.29. The van der Waals surface area contributed by atoms with Crippen molar-refractivity contribution in [3.8, 4) is 0 Å². The van der Waals surface area contributed by atoms with Crippen molar-refractivity contribution in [2.45, 2.75) is 206 Å². The topological polar surface area (TPSA) is 108 Å². The third-order valence-corrected chi connectivity index (χ3v) is 9.59. The fourth-order valence-corrected chi connectivity index (χ4v) is 6.48. The van der Waals surface area contributed by atoms with Gasteiger partial charge in [0, 0.05) is 12.8 Å². The van der Waals surface area contributed by atoms with Crippen molar-refractivity contribution in [2.24, 2.45) is 0 Å². The summed E-state index contributed by atoms with van der Waals surface area (Å²) in [5, 5.41) is 0. The molecule has 0 aliphatic carbocycles. The van der Waals surface area contributed by atoms with Crippen LogP contribution in [0.3, 0.4) is 0 Å². The Bertz CT molecular complexity index is 769. The molecule has 0 amide bonds. The van der Waals surface area contributed by atoms with E-state index in [1.165, 1.54) is 103 Å². The zero-order valence-corrected chi connectivity index (χ0v) is 31.9. The monoisotopic (exact) mass is 709 g/mol. The Morgan fingerprint density at radius 3 is 1.35 bits per heavy atom. The first-order valence-corrected chi connectivity index (χ1v) is 21.4. The van der Waals surface area contributed by atoms with Crippen LogP contribution >= 0.6 is 7.82 Å². The minimum atomic E-state index is -4.29. The molecule has 0 aliphatic heterocycles. The molecule has 286 valence electrons. The third kappa shape index (κ3) is 34.8. The molecule has 0 aliphatic rings. The lowest BCUT2D eigenvalue weighted by Gasteiger charge is -2.20. The molecule has 1 N–H and O–H groups in total. The molecule has 2 atom stereocenters. The van der Waals surface area contributed by atoms with E-state index in [4.69, 9.17) is 18.5 Å². The first-order valence-electron chi connectivity index (χ1n) is 19.9. The fourth-order valence-electron chi connectivity index (χ4n) is 5.64. The Hall–Kier alpha value is -1.02. The molecule has 0 aromatic heterocycles. The van der Waals surface area contributed by atoms with Crippen LogP contribution in [0.1, 0.15) is 200 Å². The number of rotatable bonds is 38. The number of phosphoric acid groups is 1. The number of esters is 2. The van der Waals surface area contributed by atoms with Gasteiger partial charge in [0.15, 0.2) is 6.10 Å². The molecule has 0 rings (SSSR count). The van der Waals surface area contributed by atoms with Gasteiger partial charge in [0.1, 0.15) is 6.61 Å². The van der Waals surface area contributed by atoms with Crippen molar-refractivity contribution in [3.63, 3.8) is 0 Å². The van der Waals surface area contributed by atoms with Gasteiger partial charge in [0.25, 0.3) is 0 Å². The van der Waals surface area contributed by atoms with E-state index in [9.17, 15) is 23.4 Å². The second-order valence-corrected chi connectivity index (χ2v) is 14.9. The van der Waals surface area contributed by atoms with E-state index < -0.39 is 26.5 Å². The van der Waals surface area contributed by atoms with Gasteiger partial charge in [0.05, 0.1) is 19.9 Å². The lowest BCUT2D eigenvalue weighted by atomic mass is 10.0. The maximum absolute atomic E-state index is 12.5. The van der Waals surface area contributed by atoms with E-state index >= 15 is 0 Å². The van der Waals surface area contributed by atoms with E-state index in [0.717, 1.165) is 51.4 Å². The summed E-state index contributed by atoms with van der Waals surface area (Å²) in [6, 6.07) is 0. The first-order chi connectivity index (χ1) is 23.3. The van der Waals surface area contributed by atoms with E-state index in [1.807, 2.05) is 6.92 Å². The highest BCUT2D eigenvalue weighted by Gasteiger charge is 2.25. The number of alkyl halides is 1. The standard InChI is InChI=1S/C38H74FO8P/c1-3-5-6-7-8-9-10-12-15-18-21-24-27-30-37(40)44-34-36(35-46-48(42,43)45-33-4-2)47-38(41)31-28-25-22-19-16-13-11-14-17-20-23-26-29-32-39/h36H,3-35H2,1-2H3,(H,42,43)/t36-/m1/s1. The Balaban J connectivity index is 4.16. The minimum absolute atomic E-state index is 0.0645. The van der Waals surface area contributed by atoms with Crippen LogP contribution in [0.25, 0.3) is 0 Å². The maximum Gasteiger partial charge on any atom is 0.472 e. The van der Waals surface area contributed by atoms with Gasteiger partial charge in [-0.2, -0.15) is 0 Å². The van der Waals surface area contributed by atoms with Crippen molar-refractivity contribution in [2.75, 3.05) is 26.5 Å². The molecule has 0 aromatic rings. The molecule has 0 saturated carbocycles. The predicted molar refractivity (Wildman–Crippen MR) is 194 cm³/mol. The van der Waals surface area contributed by atoms with Gasteiger partial charge in [-0.25, -0.2) is 4.57 Å². The number of halogens is 1. The molecule has 0 heterocycles. The summed E-state index contributed by atoms with van der Waals surface area (Å²) in [5.41, 5.74) is 0. The summed E-state index contributed by atoms with van der Waals surface area (Å²) in [7, 11) is -4.29. The molecule has 0 fully saturated rings. The average molecular weight is 709 g/mol. The Morgan fingerprint density at radius 1 is 0.542 bits per heavy atom. The highest BCUT2D eigenvalue weighted by molar-refractivity contribution is 7.47. The summed E-state index contributed by atoms with van der Waals surface area (Å²) < 4.78 is 45.0. The number of unbranched alkanes of at least 4 members (excludes halogenated alkanes) is 24. The number of phosphoric ester groups is 1. The smallest absolute Gasteiger partial charge is 0.462 e. The highest BCUT2D eigenvalue weighted by Crippen LogP contribution is 2.43. The van der Waals surface area contributed by atoms with Crippen LogP contribution in [-0.4, -0.2) is 49.4 Å². The Kier molecular flexibility index (Phi) is 35.0. The number of hydrogen-bond donors (Lipinski definition) is 1. The number of ether oxygens (including phenoxy) is 2. The van der Waals surface area contributed by atoms with Gasteiger partial charge in [0.2, 0.25) is 0 Å². The van der Waals surface area contributed by atoms with Crippen LogP contribution in [0.5, 0.6) is 0 Å². The van der Waals surface area contributed by atoms with E-state index in [0.29, 0.717) is 25.7 Å². The summed E-state index contributed by atoms with van der Waals surface area (Å²) in [6.45, 7) is 3.30. The molecule has 8 nitrogen and oxygen atoms in total. The van der Waals surface area contributed by atoms with Crippen molar-refractivity contribution < 1.29 is 42.0 Å². The van der Waals surface area contributed by atoms with Crippen molar-refractivity contribution >= 4 is 19.8 Å². The van der Waals surface area contributed by atoms with Gasteiger partial charge < -0.3 is 14.4 Å². The minimum Gasteiger partial charge on any atom is -0.462 e. The molecule has 0 radical (unpaired) electrons. The summed E-state index contributed by atoms with van der Waals surface area (Å²) in [5.74, 6) is -0.813. The number of carbonyl (C=O) groups excluding carboxylic acids is 2. The van der Waals surface area contributed by atoms with Crippen LogP contribution in [0.15, 0.2) is 0 Å². The molecule has 0 spiro atoms. The molecule has 1 unspecified atom stereocenters. The van der Waals surface area contributed by atoms with E-state index in [2.05, 4.69) is 6.92 Å². The second-order valence-electron chi connectivity index (χ2n) is 13.4. The Morgan fingerprint density at radius 2 is 0.938 bits per heavy atom. The fraction of sp³-hybridized carbons (Fsp3) is 0.947. The molecule has 10 heteroatoms. The van der Waals surface area contributed by atoms with Gasteiger partial charge >= 0.3 is 19.8 Å². The first kappa shape index (κ1) is 47.0. The van der Waals surface area contributed by atoms with Crippen LogP contribution in [0, 0.1) is 0 Å². The van der Waals surface area contributed by atoms with Crippen LogP contribution in [0.2, 0.25) is 0 Å². The second kappa shape index (κ2) is 35.8. The summed E-state index contributed by atoms with van der Waals surface area (Å²) in [6.07, 6.45) is 30.0. The average Bonchev–Trinajstić information content (AvgIpc) is 3.07. The van der Waals surface area contributed by atoms with Crippen LogP contribution in [0.4, 0.5) is 4.39 Å². The molecular weight excluding hydrogens is 634 g/mol. The number of carbonyl (C=O) groups is 2. The van der Waals surface area contributed by atoms with Gasteiger partial charge in [-0.05, 0) is 25.7 Å². The maximum atomic E-state index is 12.5. The Labute approximate surface area is 294 Å². The van der Waals surface area contributed by atoms with Crippen LogP contribution < -0.4 is 0 Å². The normalized spacial score (nSPS) is 13.3. The molecule has 0 saturated heterocycles. The molecule has 0 bridgehead atoms. The SMILES string of the molecule is CCCCCCCCCCCCCCCC(=O)OC[C@H](COP(=O)(O)OCCC)OC(=O)CCCCCCCCCCCCCCCF. The number of hydrogen-bond acceptors (Lipinski definition) is 7. The van der Waals surface area contributed by atoms with E-state index in [-0.39, 0.29) is 32.3 Å². The molecule has 0 aromatic carbocycles. The zero-order chi connectivity index (χ0) is 35.4. The van der Waals surface area contributed by atoms with Gasteiger partial charge in [-0.3, -0.25) is 23.0 Å². The van der Waals surface area contributed by atoms with Crippen molar-refractivity contribution in [1.82, 2.24) is 0 Å². The highest BCUT2D eigenvalue weighted by atomic mass is 31.2.